The number of amides is 2. The highest BCUT2D eigenvalue weighted by molar-refractivity contribution is 7.91. The molecule has 2 fully saturated rings. The minimum absolute atomic E-state index is 0.0677. The predicted molar refractivity (Wildman–Crippen MR) is 104 cm³/mol. The van der Waals surface area contributed by atoms with Gasteiger partial charge in [0.25, 0.3) is 0 Å². The lowest BCUT2D eigenvalue weighted by molar-refractivity contribution is 0.0458. The molecular formula is C19H29N3O4S. The van der Waals surface area contributed by atoms with Crippen LogP contribution in [0.4, 0.5) is 4.79 Å². The van der Waals surface area contributed by atoms with Crippen LogP contribution in [0.5, 0.6) is 0 Å². The van der Waals surface area contributed by atoms with E-state index in [1.807, 2.05) is 30.3 Å². The first-order chi connectivity index (χ1) is 12.9. The summed E-state index contributed by atoms with van der Waals surface area (Å²) < 4.78 is 30.2. The summed E-state index contributed by atoms with van der Waals surface area (Å²) in [6, 6.07) is 9.58. The lowest BCUT2D eigenvalue weighted by atomic mass is 10.0. The highest BCUT2D eigenvalue weighted by Gasteiger charge is 2.48. The Balaban J connectivity index is 1.52. The van der Waals surface area contributed by atoms with Crippen LogP contribution in [0.25, 0.3) is 0 Å². The van der Waals surface area contributed by atoms with E-state index in [2.05, 4.69) is 4.90 Å². The van der Waals surface area contributed by atoms with E-state index >= 15 is 0 Å². The number of ether oxygens (including phenoxy) is 1. The van der Waals surface area contributed by atoms with Crippen LogP contribution in [0.3, 0.4) is 0 Å². The average Bonchev–Trinajstić information content (AvgIpc) is 2.97. The van der Waals surface area contributed by atoms with Crippen LogP contribution in [-0.2, 0) is 21.2 Å². The van der Waals surface area contributed by atoms with Crippen molar-refractivity contribution in [1.29, 1.82) is 0 Å². The maximum atomic E-state index is 12.4. The summed E-state index contributed by atoms with van der Waals surface area (Å²) in [7, 11) is 0.301. The van der Waals surface area contributed by atoms with Crippen LogP contribution < -0.4 is 0 Å². The molecule has 7 nitrogen and oxygen atoms in total. The zero-order chi connectivity index (χ0) is 19.4. The molecule has 2 amide bonds. The maximum Gasteiger partial charge on any atom is 0.319 e. The molecule has 2 aliphatic rings. The van der Waals surface area contributed by atoms with Gasteiger partial charge in [-0.2, -0.15) is 0 Å². The fourth-order valence-corrected chi connectivity index (χ4v) is 5.94. The molecule has 0 saturated carbocycles. The molecule has 2 heterocycles. The third-order valence-corrected chi connectivity index (χ3v) is 6.96. The summed E-state index contributed by atoms with van der Waals surface area (Å²) in [6.45, 7) is 3.28. The Kier molecular flexibility index (Phi) is 6.39. The first-order valence-electron chi connectivity index (χ1n) is 9.41. The summed E-state index contributed by atoms with van der Waals surface area (Å²) in [5.74, 6) is 0.206. The summed E-state index contributed by atoms with van der Waals surface area (Å²) in [5, 5.41) is 0. The SMILES string of the molecule is CN(C)C(=O)N1CCN(CCCOCc2ccccc2)[C@@H]2CS(=O)(=O)C[C@@H]21. The molecule has 1 aromatic carbocycles. The molecule has 0 radical (unpaired) electrons. The van der Waals surface area contributed by atoms with Crippen molar-refractivity contribution in [3.8, 4) is 0 Å². The second-order valence-corrected chi connectivity index (χ2v) is 9.66. The van der Waals surface area contributed by atoms with Gasteiger partial charge in [0.15, 0.2) is 9.84 Å². The van der Waals surface area contributed by atoms with Crippen molar-refractivity contribution in [2.75, 3.05) is 51.8 Å². The third-order valence-electron chi connectivity index (χ3n) is 5.26. The van der Waals surface area contributed by atoms with Crippen molar-refractivity contribution >= 4 is 15.9 Å². The van der Waals surface area contributed by atoms with E-state index in [1.54, 1.807) is 19.0 Å². The summed E-state index contributed by atoms with van der Waals surface area (Å²) >= 11 is 0. The Morgan fingerprint density at radius 1 is 1.15 bits per heavy atom. The lowest BCUT2D eigenvalue weighted by Crippen LogP contribution is -2.62. The number of benzene rings is 1. The number of hydrogen-bond donors (Lipinski definition) is 0. The van der Waals surface area contributed by atoms with Gasteiger partial charge in [-0.1, -0.05) is 30.3 Å². The molecule has 27 heavy (non-hydrogen) atoms. The summed E-state index contributed by atoms with van der Waals surface area (Å²) in [5.41, 5.74) is 1.15. The van der Waals surface area contributed by atoms with E-state index in [4.69, 9.17) is 4.74 Å². The average molecular weight is 396 g/mol. The first-order valence-corrected chi connectivity index (χ1v) is 11.2. The number of urea groups is 1. The molecule has 0 unspecified atom stereocenters. The molecule has 0 N–H and O–H groups in total. The molecule has 2 aliphatic heterocycles. The van der Waals surface area contributed by atoms with Crippen molar-refractivity contribution < 1.29 is 17.9 Å². The quantitative estimate of drug-likeness (QED) is 0.674. The second kappa shape index (κ2) is 8.58. The number of hydrogen-bond acceptors (Lipinski definition) is 5. The van der Waals surface area contributed by atoms with Gasteiger partial charge in [0.2, 0.25) is 0 Å². The Morgan fingerprint density at radius 3 is 2.56 bits per heavy atom. The zero-order valence-electron chi connectivity index (χ0n) is 16.1. The maximum absolute atomic E-state index is 12.4. The molecule has 150 valence electrons. The molecule has 2 saturated heterocycles. The van der Waals surface area contributed by atoms with E-state index in [9.17, 15) is 13.2 Å². The third kappa shape index (κ3) is 5.00. The topological polar surface area (TPSA) is 70.2 Å². The number of piperazine rings is 1. The molecule has 0 aliphatic carbocycles. The number of nitrogens with zero attached hydrogens (tertiary/aromatic N) is 3. The van der Waals surface area contributed by atoms with Crippen molar-refractivity contribution in [1.82, 2.24) is 14.7 Å². The van der Waals surface area contributed by atoms with Crippen molar-refractivity contribution in [2.24, 2.45) is 0 Å². The van der Waals surface area contributed by atoms with E-state index in [0.717, 1.165) is 18.5 Å². The normalized spacial score (nSPS) is 24.6. The minimum atomic E-state index is -3.11. The Morgan fingerprint density at radius 2 is 1.85 bits per heavy atom. The highest BCUT2D eigenvalue weighted by atomic mass is 32.2. The van der Waals surface area contributed by atoms with E-state index in [1.165, 1.54) is 4.90 Å². The summed E-state index contributed by atoms with van der Waals surface area (Å²) in [6.07, 6.45) is 0.845. The largest absolute Gasteiger partial charge is 0.377 e. The van der Waals surface area contributed by atoms with E-state index in [0.29, 0.717) is 26.3 Å². The molecule has 0 spiro atoms. The zero-order valence-corrected chi connectivity index (χ0v) is 16.9. The minimum Gasteiger partial charge on any atom is -0.377 e. The monoisotopic (exact) mass is 395 g/mol. The first kappa shape index (κ1) is 20.1. The fourth-order valence-electron chi connectivity index (χ4n) is 3.93. The van der Waals surface area contributed by atoms with Gasteiger partial charge in [0, 0.05) is 46.4 Å². The number of rotatable bonds is 6. The van der Waals surface area contributed by atoms with Crippen LogP contribution in [0.15, 0.2) is 30.3 Å². The van der Waals surface area contributed by atoms with Crippen LogP contribution in [0.2, 0.25) is 0 Å². The second-order valence-electron chi connectivity index (χ2n) is 7.51. The smallest absolute Gasteiger partial charge is 0.319 e. The van der Waals surface area contributed by atoms with E-state index in [-0.39, 0.29) is 29.6 Å². The van der Waals surface area contributed by atoms with Crippen LogP contribution in [-0.4, -0.2) is 93.1 Å². The van der Waals surface area contributed by atoms with Crippen LogP contribution in [0, 0.1) is 0 Å². The van der Waals surface area contributed by atoms with Gasteiger partial charge in [-0.25, -0.2) is 13.2 Å². The van der Waals surface area contributed by atoms with Gasteiger partial charge in [-0.05, 0) is 12.0 Å². The molecule has 3 rings (SSSR count). The van der Waals surface area contributed by atoms with Gasteiger partial charge < -0.3 is 14.5 Å². The highest BCUT2D eigenvalue weighted by Crippen LogP contribution is 2.27. The molecule has 1 aromatic rings. The number of carbonyl (C=O) groups is 1. The predicted octanol–water partition coefficient (Wildman–Crippen LogP) is 1.06. The number of carbonyl (C=O) groups excluding carboxylic acids is 1. The standard InChI is InChI=1S/C19H29N3O4S/c1-20(2)19(23)22-11-10-21(17-14-27(24,25)15-18(17)22)9-6-12-26-13-16-7-4-3-5-8-16/h3-5,7-8,17-18H,6,9-15H2,1-2H3/t17-,18+/m1/s1. The number of sulfone groups is 1. The molecular weight excluding hydrogens is 366 g/mol. The molecule has 8 heteroatoms. The van der Waals surface area contributed by atoms with Crippen LogP contribution in [0.1, 0.15) is 12.0 Å². The Bertz CT molecular complexity index is 739. The Hall–Kier alpha value is -1.64. The van der Waals surface area contributed by atoms with Gasteiger partial charge >= 0.3 is 6.03 Å². The van der Waals surface area contributed by atoms with Crippen molar-refractivity contribution in [3.05, 3.63) is 35.9 Å². The van der Waals surface area contributed by atoms with Gasteiger partial charge in [0.05, 0.1) is 24.2 Å². The molecule has 0 aromatic heterocycles. The molecule has 2 atom stereocenters. The summed E-state index contributed by atoms with van der Waals surface area (Å²) in [4.78, 5) is 17.9. The fraction of sp³-hybridized carbons (Fsp3) is 0.632. The van der Waals surface area contributed by atoms with Gasteiger partial charge in [-0.15, -0.1) is 0 Å². The van der Waals surface area contributed by atoms with Crippen molar-refractivity contribution in [2.45, 2.75) is 25.1 Å². The van der Waals surface area contributed by atoms with Crippen molar-refractivity contribution in [3.63, 3.8) is 0 Å². The van der Waals surface area contributed by atoms with E-state index < -0.39 is 9.84 Å². The van der Waals surface area contributed by atoms with Crippen LogP contribution >= 0.6 is 0 Å². The van der Waals surface area contributed by atoms with Gasteiger partial charge in [-0.3, -0.25) is 4.90 Å². The Labute approximate surface area is 161 Å². The number of fused-ring (bicyclic) bond motifs is 1. The van der Waals surface area contributed by atoms with Gasteiger partial charge in [0.1, 0.15) is 0 Å². The molecule has 0 bridgehead atoms. The lowest BCUT2D eigenvalue weighted by Gasteiger charge is -2.44.